The normalized spacial score (nSPS) is 12.6. The number of aromatic nitrogens is 3. The van der Waals surface area contributed by atoms with Gasteiger partial charge in [-0.2, -0.15) is 0 Å². The first-order valence-corrected chi connectivity index (χ1v) is 11.2. The van der Waals surface area contributed by atoms with Gasteiger partial charge in [0.15, 0.2) is 0 Å². The van der Waals surface area contributed by atoms with E-state index < -0.39 is 0 Å². The summed E-state index contributed by atoms with van der Waals surface area (Å²) in [7, 11) is 0. The third-order valence-corrected chi connectivity index (χ3v) is 5.81. The minimum Gasteiger partial charge on any atom is -0.321 e. The van der Waals surface area contributed by atoms with Gasteiger partial charge in [-0.3, -0.25) is 35.5 Å². The second-order valence-electron chi connectivity index (χ2n) is 8.26. The number of carbonyl (C=O) groups excluding carboxylic acids is 1. The highest BCUT2D eigenvalue weighted by molar-refractivity contribution is 6.17. The number of rotatable bonds is 7. The molecular formula is C27H23N7O. The zero-order valence-corrected chi connectivity index (χ0v) is 18.8. The SMILES string of the molecule is N=CN(C(=N)c1cccc(NC(=O)c2cc(-c3ccc(C4CC4)nc3)ccn2)c1)c1ccncc1. The summed E-state index contributed by atoms with van der Waals surface area (Å²) in [6.07, 6.45) is 10.2. The number of carbonyl (C=O) groups is 1. The van der Waals surface area contributed by atoms with Crippen LogP contribution in [-0.4, -0.2) is 33.0 Å². The number of benzene rings is 1. The highest BCUT2D eigenvalue weighted by atomic mass is 16.1. The van der Waals surface area contributed by atoms with Crippen LogP contribution >= 0.6 is 0 Å². The fourth-order valence-corrected chi connectivity index (χ4v) is 3.78. The lowest BCUT2D eigenvalue weighted by Crippen LogP contribution is -2.29. The Morgan fingerprint density at radius 3 is 2.51 bits per heavy atom. The Labute approximate surface area is 202 Å². The van der Waals surface area contributed by atoms with Crippen LogP contribution in [0.15, 0.2) is 85.5 Å². The van der Waals surface area contributed by atoms with Crippen LogP contribution in [0, 0.1) is 10.8 Å². The van der Waals surface area contributed by atoms with Crippen LogP contribution in [0.25, 0.3) is 11.1 Å². The summed E-state index contributed by atoms with van der Waals surface area (Å²) in [5.41, 5.74) is 4.93. The van der Waals surface area contributed by atoms with E-state index in [1.54, 1.807) is 61.1 Å². The summed E-state index contributed by atoms with van der Waals surface area (Å²) >= 11 is 0. The molecule has 1 amide bonds. The molecule has 1 saturated carbocycles. The van der Waals surface area contributed by atoms with Crippen molar-refractivity contribution < 1.29 is 4.79 Å². The van der Waals surface area contributed by atoms with Crippen molar-refractivity contribution in [3.63, 3.8) is 0 Å². The summed E-state index contributed by atoms with van der Waals surface area (Å²) in [5.74, 6) is 0.344. The Kier molecular flexibility index (Phi) is 6.09. The standard InChI is InChI=1S/C27H23N7O/c28-17-34(23-9-11-30-12-10-23)26(29)20-2-1-3-22(14-20)33-27(35)25-15-19(8-13-31-25)21-6-7-24(32-16-21)18-4-5-18/h1-3,6-18,28-29H,4-5H2,(H,33,35). The maximum absolute atomic E-state index is 12.9. The molecule has 0 unspecified atom stereocenters. The van der Waals surface area contributed by atoms with E-state index in [9.17, 15) is 4.79 Å². The summed E-state index contributed by atoms with van der Waals surface area (Å²) in [5, 5.41) is 19.2. The molecule has 1 aliphatic rings. The summed E-state index contributed by atoms with van der Waals surface area (Å²) < 4.78 is 0. The van der Waals surface area contributed by atoms with Crippen molar-refractivity contribution in [1.29, 1.82) is 10.8 Å². The predicted octanol–water partition coefficient (Wildman–Crippen LogP) is 5.11. The number of amides is 1. The van der Waals surface area contributed by atoms with Crippen LogP contribution in [0.4, 0.5) is 11.4 Å². The second kappa shape index (κ2) is 9.64. The van der Waals surface area contributed by atoms with Gasteiger partial charge in [0, 0.05) is 53.2 Å². The van der Waals surface area contributed by atoms with Gasteiger partial charge in [0.25, 0.3) is 5.91 Å². The number of nitrogens with zero attached hydrogens (tertiary/aromatic N) is 4. The van der Waals surface area contributed by atoms with Crippen LogP contribution in [-0.2, 0) is 0 Å². The maximum atomic E-state index is 12.9. The highest BCUT2D eigenvalue weighted by Gasteiger charge is 2.24. The fraction of sp³-hybridized carbons (Fsp3) is 0.111. The first-order valence-electron chi connectivity index (χ1n) is 11.2. The first-order chi connectivity index (χ1) is 17.1. The van der Waals surface area contributed by atoms with E-state index in [0.29, 0.717) is 22.9 Å². The average Bonchev–Trinajstić information content (AvgIpc) is 3.76. The predicted molar refractivity (Wildman–Crippen MR) is 136 cm³/mol. The van der Waals surface area contributed by atoms with Crippen LogP contribution in [0.5, 0.6) is 0 Å². The molecule has 1 aromatic carbocycles. The molecule has 4 aromatic rings. The van der Waals surface area contributed by atoms with Gasteiger partial charge in [-0.25, -0.2) is 0 Å². The molecule has 3 N–H and O–H groups in total. The van der Waals surface area contributed by atoms with Gasteiger partial charge >= 0.3 is 0 Å². The Balaban J connectivity index is 1.32. The molecule has 0 aliphatic heterocycles. The van der Waals surface area contributed by atoms with Crippen molar-refractivity contribution >= 4 is 29.5 Å². The van der Waals surface area contributed by atoms with Gasteiger partial charge in [-0.15, -0.1) is 0 Å². The first kappa shape index (κ1) is 22.1. The van der Waals surface area contributed by atoms with Gasteiger partial charge in [0.05, 0.1) is 12.0 Å². The van der Waals surface area contributed by atoms with E-state index in [1.807, 2.05) is 18.3 Å². The minimum atomic E-state index is -0.351. The quantitative estimate of drug-likeness (QED) is 0.261. The van der Waals surface area contributed by atoms with E-state index in [0.717, 1.165) is 23.2 Å². The Hall–Kier alpha value is -4.72. The lowest BCUT2D eigenvalue weighted by atomic mass is 10.1. The number of pyridine rings is 3. The molecule has 172 valence electrons. The minimum absolute atomic E-state index is 0.101. The number of hydrogen-bond donors (Lipinski definition) is 3. The van der Waals surface area contributed by atoms with Gasteiger partial charge in [-0.05, 0) is 60.9 Å². The van der Waals surface area contributed by atoms with Crippen molar-refractivity contribution in [2.45, 2.75) is 18.8 Å². The third-order valence-electron chi connectivity index (χ3n) is 5.81. The van der Waals surface area contributed by atoms with E-state index >= 15 is 0 Å². The Morgan fingerprint density at radius 2 is 1.80 bits per heavy atom. The second-order valence-corrected chi connectivity index (χ2v) is 8.26. The fourth-order valence-electron chi connectivity index (χ4n) is 3.78. The molecule has 1 aliphatic carbocycles. The van der Waals surface area contributed by atoms with Crippen LogP contribution in [0.3, 0.4) is 0 Å². The van der Waals surface area contributed by atoms with Crippen LogP contribution in [0.2, 0.25) is 0 Å². The van der Waals surface area contributed by atoms with E-state index in [1.165, 1.54) is 17.7 Å². The summed E-state index contributed by atoms with van der Waals surface area (Å²) in [4.78, 5) is 27.2. The lowest BCUT2D eigenvalue weighted by molar-refractivity contribution is 0.102. The van der Waals surface area contributed by atoms with Crippen molar-refractivity contribution in [2.75, 3.05) is 10.2 Å². The van der Waals surface area contributed by atoms with Crippen molar-refractivity contribution in [2.24, 2.45) is 0 Å². The van der Waals surface area contributed by atoms with Gasteiger partial charge in [0.2, 0.25) is 0 Å². The number of hydrogen-bond acceptors (Lipinski definition) is 6. The molecule has 0 atom stereocenters. The zero-order valence-electron chi connectivity index (χ0n) is 18.8. The van der Waals surface area contributed by atoms with Crippen LogP contribution < -0.4 is 10.2 Å². The van der Waals surface area contributed by atoms with Gasteiger partial charge in [0.1, 0.15) is 11.5 Å². The molecule has 0 spiro atoms. The number of anilines is 2. The molecular weight excluding hydrogens is 438 g/mol. The van der Waals surface area contributed by atoms with E-state index in [2.05, 4.69) is 26.3 Å². The monoisotopic (exact) mass is 461 g/mol. The van der Waals surface area contributed by atoms with Crippen LogP contribution in [0.1, 0.15) is 40.5 Å². The Morgan fingerprint density at radius 1 is 0.971 bits per heavy atom. The molecule has 0 saturated heterocycles. The zero-order chi connectivity index (χ0) is 24.2. The smallest absolute Gasteiger partial charge is 0.274 e. The third kappa shape index (κ3) is 4.96. The molecule has 0 bridgehead atoms. The van der Waals surface area contributed by atoms with Gasteiger partial charge < -0.3 is 5.32 Å². The van der Waals surface area contributed by atoms with Crippen molar-refractivity contribution in [3.8, 4) is 11.1 Å². The molecule has 35 heavy (non-hydrogen) atoms. The van der Waals surface area contributed by atoms with Crippen molar-refractivity contribution in [3.05, 3.63) is 102 Å². The van der Waals surface area contributed by atoms with Crippen molar-refractivity contribution in [1.82, 2.24) is 15.0 Å². The average molecular weight is 462 g/mol. The van der Waals surface area contributed by atoms with E-state index in [-0.39, 0.29) is 17.4 Å². The topological polar surface area (TPSA) is 119 Å². The highest BCUT2D eigenvalue weighted by Crippen LogP contribution is 2.39. The molecule has 1 fully saturated rings. The molecule has 8 heteroatoms. The largest absolute Gasteiger partial charge is 0.321 e. The molecule has 3 heterocycles. The summed E-state index contributed by atoms with van der Waals surface area (Å²) in [6, 6.07) is 18.1. The number of amidine groups is 1. The van der Waals surface area contributed by atoms with E-state index in [4.69, 9.17) is 10.8 Å². The maximum Gasteiger partial charge on any atom is 0.274 e. The molecule has 3 aromatic heterocycles. The van der Waals surface area contributed by atoms with Gasteiger partial charge in [-0.1, -0.05) is 18.2 Å². The number of nitrogens with one attached hydrogen (secondary N) is 3. The Bertz CT molecular complexity index is 1380. The molecule has 8 nitrogen and oxygen atoms in total. The summed E-state index contributed by atoms with van der Waals surface area (Å²) in [6.45, 7) is 0. The molecule has 0 radical (unpaired) electrons. The lowest BCUT2D eigenvalue weighted by Gasteiger charge is -2.20. The molecule has 5 rings (SSSR count).